The van der Waals surface area contributed by atoms with Crippen molar-refractivity contribution < 1.29 is 19.4 Å². The number of carboxylic acids is 1. The quantitative estimate of drug-likeness (QED) is 0.845. The van der Waals surface area contributed by atoms with Gasteiger partial charge >= 0.3 is 5.97 Å². The van der Waals surface area contributed by atoms with Gasteiger partial charge in [0.1, 0.15) is 11.8 Å². The molecule has 0 saturated heterocycles. The molecule has 23 heavy (non-hydrogen) atoms. The van der Waals surface area contributed by atoms with Crippen molar-refractivity contribution in [2.45, 2.75) is 12.5 Å². The maximum absolute atomic E-state index is 12.1. The van der Waals surface area contributed by atoms with Crippen molar-refractivity contribution in [2.75, 3.05) is 7.11 Å². The van der Waals surface area contributed by atoms with E-state index in [0.717, 1.165) is 0 Å². The number of hydrogen-bond acceptors (Lipinski definition) is 4. The van der Waals surface area contributed by atoms with Crippen LogP contribution in [0.1, 0.15) is 15.9 Å². The van der Waals surface area contributed by atoms with E-state index in [1.54, 1.807) is 30.3 Å². The monoisotopic (exact) mass is 334 g/mol. The summed E-state index contributed by atoms with van der Waals surface area (Å²) < 4.78 is 5.05. The number of benzene rings is 1. The molecule has 0 aliphatic heterocycles. The number of pyridine rings is 1. The van der Waals surface area contributed by atoms with E-state index in [1.165, 1.54) is 19.5 Å². The zero-order valence-corrected chi connectivity index (χ0v) is 13.1. The molecule has 1 aromatic heterocycles. The van der Waals surface area contributed by atoms with Crippen LogP contribution < -0.4 is 10.1 Å². The molecule has 1 atom stereocenters. The third kappa shape index (κ3) is 4.43. The van der Waals surface area contributed by atoms with Gasteiger partial charge in [-0.15, -0.1) is 0 Å². The van der Waals surface area contributed by atoms with Crippen LogP contribution >= 0.6 is 11.6 Å². The summed E-state index contributed by atoms with van der Waals surface area (Å²) in [6.45, 7) is 0. The number of aliphatic carboxylic acids is 1. The van der Waals surface area contributed by atoms with E-state index in [-0.39, 0.29) is 6.42 Å². The zero-order valence-electron chi connectivity index (χ0n) is 12.3. The number of methoxy groups -OCH3 is 1. The van der Waals surface area contributed by atoms with Crippen LogP contribution in [-0.4, -0.2) is 35.1 Å². The molecule has 0 bridgehead atoms. The fourth-order valence-corrected chi connectivity index (χ4v) is 2.29. The summed E-state index contributed by atoms with van der Waals surface area (Å²) >= 11 is 6.03. The third-order valence-electron chi connectivity index (χ3n) is 3.18. The number of amides is 1. The molecule has 0 aliphatic carbocycles. The zero-order chi connectivity index (χ0) is 16.8. The highest BCUT2D eigenvalue weighted by Crippen LogP contribution is 2.25. The number of carbonyl (C=O) groups excluding carboxylic acids is 1. The molecule has 7 heteroatoms. The molecule has 1 aromatic carbocycles. The van der Waals surface area contributed by atoms with E-state index in [1.807, 2.05) is 0 Å². The number of ether oxygens (including phenoxy) is 1. The summed E-state index contributed by atoms with van der Waals surface area (Å²) in [5, 5.41) is 12.2. The van der Waals surface area contributed by atoms with Gasteiger partial charge in [-0.05, 0) is 29.8 Å². The lowest BCUT2D eigenvalue weighted by Gasteiger charge is -2.15. The van der Waals surface area contributed by atoms with Gasteiger partial charge in [0, 0.05) is 18.8 Å². The van der Waals surface area contributed by atoms with Crippen LogP contribution in [0.15, 0.2) is 42.7 Å². The number of nitrogens with one attached hydrogen (secondary N) is 1. The molecular weight excluding hydrogens is 320 g/mol. The molecule has 1 amide bonds. The molecule has 2 aromatic rings. The van der Waals surface area contributed by atoms with Gasteiger partial charge in [0.2, 0.25) is 0 Å². The number of carboxylic acid groups (broad SMARTS) is 1. The molecule has 2 rings (SSSR count). The Bertz CT molecular complexity index is 706. The molecular formula is C16H15ClN2O4. The van der Waals surface area contributed by atoms with Gasteiger partial charge in [-0.25, -0.2) is 4.79 Å². The SMILES string of the molecule is COc1ccc(C[C@@H](NC(=O)c2cccnc2)C(=O)O)cc1Cl. The molecule has 0 spiro atoms. The molecule has 0 fully saturated rings. The molecule has 0 saturated carbocycles. The molecule has 0 aliphatic rings. The van der Waals surface area contributed by atoms with Gasteiger partial charge in [-0.1, -0.05) is 17.7 Å². The van der Waals surface area contributed by atoms with E-state index in [0.29, 0.717) is 21.9 Å². The Balaban J connectivity index is 2.12. The van der Waals surface area contributed by atoms with Gasteiger partial charge in [0.15, 0.2) is 0 Å². The molecule has 6 nitrogen and oxygen atoms in total. The number of carbonyl (C=O) groups is 2. The van der Waals surface area contributed by atoms with E-state index in [9.17, 15) is 14.7 Å². The lowest BCUT2D eigenvalue weighted by molar-refractivity contribution is -0.139. The van der Waals surface area contributed by atoms with Crippen LogP contribution in [0, 0.1) is 0 Å². The fraction of sp³-hybridized carbons (Fsp3) is 0.188. The fourth-order valence-electron chi connectivity index (χ4n) is 2.01. The summed E-state index contributed by atoms with van der Waals surface area (Å²) in [4.78, 5) is 27.3. The predicted octanol–water partition coefficient (Wildman–Crippen LogP) is 2.17. The standard InChI is InChI=1S/C16H15ClN2O4/c1-23-14-5-4-10(7-12(14)17)8-13(16(21)22)19-15(20)11-3-2-6-18-9-11/h2-7,9,13H,8H2,1H3,(H,19,20)(H,21,22)/t13-/m1/s1. The number of halogens is 1. The van der Waals surface area contributed by atoms with Crippen molar-refractivity contribution in [1.82, 2.24) is 10.3 Å². The highest BCUT2D eigenvalue weighted by Gasteiger charge is 2.21. The lowest BCUT2D eigenvalue weighted by Crippen LogP contribution is -2.42. The molecule has 2 N–H and O–H groups in total. The first kappa shape index (κ1) is 16.8. The van der Waals surface area contributed by atoms with Crippen LogP contribution in [0.4, 0.5) is 0 Å². The van der Waals surface area contributed by atoms with Crippen molar-refractivity contribution in [3.05, 3.63) is 58.9 Å². The Hall–Kier alpha value is -2.60. The first-order chi connectivity index (χ1) is 11.0. The summed E-state index contributed by atoms with van der Waals surface area (Å²) in [6.07, 6.45) is 3.01. The topological polar surface area (TPSA) is 88.5 Å². The number of aromatic nitrogens is 1. The summed E-state index contributed by atoms with van der Waals surface area (Å²) in [5.41, 5.74) is 0.973. The van der Waals surface area contributed by atoms with Crippen LogP contribution in [0.5, 0.6) is 5.75 Å². The number of nitrogens with zero attached hydrogens (tertiary/aromatic N) is 1. The first-order valence-corrected chi connectivity index (χ1v) is 7.15. The third-order valence-corrected chi connectivity index (χ3v) is 3.48. The molecule has 120 valence electrons. The summed E-state index contributed by atoms with van der Waals surface area (Å²) in [6, 6.07) is 7.06. The van der Waals surface area contributed by atoms with E-state index in [2.05, 4.69) is 10.3 Å². The van der Waals surface area contributed by atoms with Gasteiger partial charge in [-0.3, -0.25) is 9.78 Å². The number of rotatable bonds is 6. The Kier molecular flexibility index (Phi) is 5.54. The number of hydrogen-bond donors (Lipinski definition) is 2. The smallest absolute Gasteiger partial charge is 0.326 e. The lowest BCUT2D eigenvalue weighted by atomic mass is 10.1. The Morgan fingerprint density at radius 2 is 2.17 bits per heavy atom. The average Bonchev–Trinajstić information content (AvgIpc) is 2.55. The van der Waals surface area contributed by atoms with Gasteiger partial charge in [0.05, 0.1) is 17.7 Å². The second-order valence-electron chi connectivity index (χ2n) is 4.78. The molecule has 1 heterocycles. The largest absolute Gasteiger partial charge is 0.495 e. The predicted molar refractivity (Wildman–Crippen MR) is 84.8 cm³/mol. The van der Waals surface area contributed by atoms with Crippen molar-refractivity contribution >= 4 is 23.5 Å². The van der Waals surface area contributed by atoms with Crippen molar-refractivity contribution in [3.8, 4) is 5.75 Å². The van der Waals surface area contributed by atoms with Crippen molar-refractivity contribution in [3.63, 3.8) is 0 Å². The summed E-state index contributed by atoms with van der Waals surface area (Å²) in [5.74, 6) is -1.12. The second kappa shape index (κ2) is 7.60. The Labute approximate surface area is 138 Å². The summed E-state index contributed by atoms with van der Waals surface area (Å²) in [7, 11) is 1.50. The minimum Gasteiger partial charge on any atom is -0.495 e. The van der Waals surface area contributed by atoms with Crippen LogP contribution in [0.25, 0.3) is 0 Å². The van der Waals surface area contributed by atoms with Crippen LogP contribution in [-0.2, 0) is 11.2 Å². The molecule has 0 unspecified atom stereocenters. The average molecular weight is 335 g/mol. The Morgan fingerprint density at radius 3 is 2.74 bits per heavy atom. The maximum Gasteiger partial charge on any atom is 0.326 e. The minimum absolute atomic E-state index is 0.102. The van der Waals surface area contributed by atoms with Crippen molar-refractivity contribution in [1.29, 1.82) is 0 Å². The van der Waals surface area contributed by atoms with Crippen LogP contribution in [0.2, 0.25) is 5.02 Å². The molecule has 0 radical (unpaired) electrons. The first-order valence-electron chi connectivity index (χ1n) is 6.77. The van der Waals surface area contributed by atoms with Gasteiger partial charge < -0.3 is 15.2 Å². The normalized spacial score (nSPS) is 11.6. The van der Waals surface area contributed by atoms with E-state index < -0.39 is 17.9 Å². The van der Waals surface area contributed by atoms with Gasteiger partial charge in [0.25, 0.3) is 5.91 Å². The second-order valence-corrected chi connectivity index (χ2v) is 5.19. The van der Waals surface area contributed by atoms with Crippen LogP contribution in [0.3, 0.4) is 0 Å². The van der Waals surface area contributed by atoms with Crippen molar-refractivity contribution in [2.24, 2.45) is 0 Å². The maximum atomic E-state index is 12.1. The minimum atomic E-state index is -1.13. The van der Waals surface area contributed by atoms with E-state index in [4.69, 9.17) is 16.3 Å². The Morgan fingerprint density at radius 1 is 1.39 bits per heavy atom. The van der Waals surface area contributed by atoms with Gasteiger partial charge in [-0.2, -0.15) is 0 Å². The highest BCUT2D eigenvalue weighted by atomic mass is 35.5. The highest BCUT2D eigenvalue weighted by molar-refractivity contribution is 6.32. The van der Waals surface area contributed by atoms with E-state index >= 15 is 0 Å².